The van der Waals surface area contributed by atoms with Crippen molar-refractivity contribution in [3.8, 4) is 0 Å². The number of nitrogens with zero attached hydrogens (tertiary/aromatic N) is 1. The van der Waals surface area contributed by atoms with Crippen molar-refractivity contribution in [1.29, 1.82) is 0 Å². The summed E-state index contributed by atoms with van der Waals surface area (Å²) in [5, 5.41) is 9.25. The second kappa shape index (κ2) is 4.84. The second-order valence-corrected chi connectivity index (χ2v) is 4.94. The SMILES string of the molecule is CC1CC(=O)N(Cc2ccoc2)C(C)C1C(=O)O. The third kappa shape index (κ3) is 2.25. The van der Waals surface area contributed by atoms with Crippen LogP contribution in [-0.4, -0.2) is 27.9 Å². The largest absolute Gasteiger partial charge is 0.481 e. The molecule has 0 radical (unpaired) electrons. The van der Waals surface area contributed by atoms with E-state index >= 15 is 0 Å². The third-order valence-electron chi connectivity index (χ3n) is 3.66. The minimum Gasteiger partial charge on any atom is -0.481 e. The molecule has 0 aromatic carbocycles. The fraction of sp³-hybridized carbons (Fsp3) is 0.538. The van der Waals surface area contributed by atoms with Gasteiger partial charge in [-0.3, -0.25) is 9.59 Å². The molecule has 1 N–H and O–H groups in total. The summed E-state index contributed by atoms with van der Waals surface area (Å²) in [5.74, 6) is -1.45. The number of aliphatic carboxylic acids is 1. The van der Waals surface area contributed by atoms with Crippen LogP contribution in [0.5, 0.6) is 0 Å². The molecule has 2 heterocycles. The van der Waals surface area contributed by atoms with Crippen LogP contribution < -0.4 is 0 Å². The summed E-state index contributed by atoms with van der Waals surface area (Å²) in [4.78, 5) is 24.9. The lowest BCUT2D eigenvalue weighted by Crippen LogP contribution is -2.52. The van der Waals surface area contributed by atoms with E-state index in [4.69, 9.17) is 4.42 Å². The Hall–Kier alpha value is -1.78. The van der Waals surface area contributed by atoms with Crippen molar-refractivity contribution >= 4 is 11.9 Å². The van der Waals surface area contributed by atoms with Crippen LogP contribution >= 0.6 is 0 Å². The molecule has 1 fully saturated rings. The maximum absolute atomic E-state index is 12.0. The zero-order chi connectivity index (χ0) is 13.3. The number of carboxylic acids is 1. The van der Waals surface area contributed by atoms with Crippen LogP contribution in [0.1, 0.15) is 25.8 Å². The first-order valence-electron chi connectivity index (χ1n) is 6.04. The summed E-state index contributed by atoms with van der Waals surface area (Å²) in [5.41, 5.74) is 0.883. The van der Waals surface area contributed by atoms with Crippen molar-refractivity contribution in [2.75, 3.05) is 0 Å². The number of carboxylic acid groups (broad SMARTS) is 1. The van der Waals surface area contributed by atoms with Gasteiger partial charge in [-0.15, -0.1) is 0 Å². The van der Waals surface area contributed by atoms with E-state index in [0.717, 1.165) is 5.56 Å². The van der Waals surface area contributed by atoms with Gasteiger partial charge in [0.15, 0.2) is 0 Å². The number of amides is 1. The van der Waals surface area contributed by atoms with Crippen molar-refractivity contribution < 1.29 is 19.1 Å². The van der Waals surface area contributed by atoms with Crippen LogP contribution in [0.4, 0.5) is 0 Å². The van der Waals surface area contributed by atoms with Gasteiger partial charge in [0.2, 0.25) is 5.91 Å². The second-order valence-electron chi connectivity index (χ2n) is 4.94. The van der Waals surface area contributed by atoms with E-state index < -0.39 is 11.9 Å². The number of hydrogen-bond donors (Lipinski definition) is 1. The van der Waals surface area contributed by atoms with Gasteiger partial charge < -0.3 is 14.4 Å². The summed E-state index contributed by atoms with van der Waals surface area (Å²) >= 11 is 0. The molecule has 3 atom stereocenters. The molecule has 5 heteroatoms. The molecule has 5 nitrogen and oxygen atoms in total. The van der Waals surface area contributed by atoms with Gasteiger partial charge in [-0.25, -0.2) is 0 Å². The van der Waals surface area contributed by atoms with Crippen molar-refractivity contribution in [3.63, 3.8) is 0 Å². The molecule has 1 aliphatic heterocycles. The smallest absolute Gasteiger partial charge is 0.308 e. The van der Waals surface area contributed by atoms with E-state index in [9.17, 15) is 14.7 Å². The topological polar surface area (TPSA) is 70.8 Å². The molecular formula is C13H17NO4. The molecule has 0 saturated carbocycles. The Balaban J connectivity index is 2.18. The fourth-order valence-electron chi connectivity index (χ4n) is 2.68. The van der Waals surface area contributed by atoms with Crippen molar-refractivity contribution in [1.82, 2.24) is 4.90 Å². The van der Waals surface area contributed by atoms with Gasteiger partial charge in [-0.05, 0) is 18.9 Å². The molecule has 1 aromatic heterocycles. The minimum absolute atomic E-state index is 0.00806. The first-order chi connectivity index (χ1) is 8.50. The molecular weight excluding hydrogens is 234 g/mol. The molecule has 0 spiro atoms. The average molecular weight is 251 g/mol. The van der Waals surface area contributed by atoms with Crippen LogP contribution in [0, 0.1) is 11.8 Å². The van der Waals surface area contributed by atoms with Crippen LogP contribution in [0.2, 0.25) is 0 Å². The monoisotopic (exact) mass is 251 g/mol. The van der Waals surface area contributed by atoms with E-state index in [-0.39, 0.29) is 17.9 Å². The molecule has 2 rings (SSSR count). The maximum atomic E-state index is 12.0. The highest BCUT2D eigenvalue weighted by Gasteiger charge is 2.41. The summed E-state index contributed by atoms with van der Waals surface area (Å²) in [7, 11) is 0. The van der Waals surface area contributed by atoms with Crippen LogP contribution in [0.3, 0.4) is 0 Å². The summed E-state index contributed by atoms with van der Waals surface area (Å²) in [6.45, 7) is 4.03. The predicted octanol–water partition coefficient (Wildman–Crippen LogP) is 1.74. The Kier molecular flexibility index (Phi) is 3.41. The minimum atomic E-state index is -0.834. The van der Waals surface area contributed by atoms with Crippen molar-refractivity contribution in [2.24, 2.45) is 11.8 Å². The van der Waals surface area contributed by atoms with Gasteiger partial charge in [0.25, 0.3) is 0 Å². The van der Waals surface area contributed by atoms with E-state index in [0.29, 0.717) is 13.0 Å². The fourth-order valence-corrected chi connectivity index (χ4v) is 2.68. The summed E-state index contributed by atoms with van der Waals surface area (Å²) in [6, 6.07) is 1.49. The van der Waals surface area contributed by atoms with Crippen molar-refractivity contribution in [2.45, 2.75) is 32.9 Å². The van der Waals surface area contributed by atoms with Gasteiger partial charge in [-0.2, -0.15) is 0 Å². The van der Waals surface area contributed by atoms with Crippen LogP contribution in [0.25, 0.3) is 0 Å². The number of rotatable bonds is 3. The number of carbonyl (C=O) groups is 2. The molecule has 3 unspecified atom stereocenters. The molecule has 1 aromatic rings. The Labute approximate surface area is 105 Å². The number of hydrogen-bond acceptors (Lipinski definition) is 3. The Morgan fingerprint density at radius 2 is 2.28 bits per heavy atom. The van der Waals surface area contributed by atoms with Gasteiger partial charge >= 0.3 is 5.97 Å². The van der Waals surface area contributed by atoms with Crippen molar-refractivity contribution in [3.05, 3.63) is 24.2 Å². The molecule has 1 amide bonds. The molecule has 18 heavy (non-hydrogen) atoms. The summed E-state index contributed by atoms with van der Waals surface area (Å²) < 4.78 is 4.97. The van der Waals surface area contributed by atoms with Gasteiger partial charge in [0.1, 0.15) is 0 Å². The maximum Gasteiger partial charge on any atom is 0.308 e. The third-order valence-corrected chi connectivity index (χ3v) is 3.66. The first-order valence-corrected chi connectivity index (χ1v) is 6.04. The van der Waals surface area contributed by atoms with E-state index in [1.807, 2.05) is 6.92 Å². The van der Waals surface area contributed by atoms with Gasteiger partial charge in [-0.1, -0.05) is 6.92 Å². The van der Waals surface area contributed by atoms with E-state index in [2.05, 4.69) is 0 Å². The Morgan fingerprint density at radius 3 is 2.83 bits per heavy atom. The van der Waals surface area contributed by atoms with Gasteiger partial charge in [0, 0.05) is 24.6 Å². The lowest BCUT2D eigenvalue weighted by Gasteiger charge is -2.40. The molecule has 98 valence electrons. The lowest BCUT2D eigenvalue weighted by molar-refractivity contribution is -0.155. The highest BCUT2D eigenvalue weighted by Crippen LogP contribution is 2.31. The molecule has 0 bridgehead atoms. The highest BCUT2D eigenvalue weighted by molar-refractivity contribution is 5.81. The first kappa shape index (κ1) is 12.7. The molecule has 0 aliphatic carbocycles. The summed E-state index contributed by atoms with van der Waals surface area (Å²) in [6.07, 6.45) is 3.42. The zero-order valence-corrected chi connectivity index (χ0v) is 10.5. The molecule has 1 saturated heterocycles. The number of furan rings is 1. The van der Waals surface area contributed by atoms with Gasteiger partial charge in [0.05, 0.1) is 18.4 Å². The van der Waals surface area contributed by atoms with Crippen LogP contribution in [0.15, 0.2) is 23.0 Å². The highest BCUT2D eigenvalue weighted by atomic mass is 16.4. The Morgan fingerprint density at radius 1 is 1.56 bits per heavy atom. The quantitative estimate of drug-likeness (QED) is 0.888. The zero-order valence-electron chi connectivity index (χ0n) is 10.5. The normalized spacial score (nSPS) is 28.4. The number of likely N-dealkylation sites (tertiary alicyclic amines) is 1. The Bertz CT molecular complexity index is 440. The average Bonchev–Trinajstić information content (AvgIpc) is 2.75. The number of carbonyl (C=O) groups excluding carboxylic acids is 1. The van der Waals surface area contributed by atoms with E-state index in [1.165, 1.54) is 0 Å². The standard InChI is InChI=1S/C13H17NO4/c1-8-5-11(15)14(6-10-3-4-18-7-10)9(2)12(8)13(16)17/h3-4,7-9,12H,5-6H2,1-2H3,(H,16,17). The van der Waals surface area contributed by atoms with E-state index in [1.54, 1.807) is 30.4 Å². The number of piperidine rings is 1. The predicted molar refractivity (Wildman–Crippen MR) is 63.6 cm³/mol. The molecule has 1 aliphatic rings. The van der Waals surface area contributed by atoms with Crippen LogP contribution in [-0.2, 0) is 16.1 Å². The lowest BCUT2D eigenvalue weighted by atomic mass is 9.81.